The minimum Gasteiger partial charge on any atom is -0.481 e. The minimum atomic E-state index is -0.886. The van der Waals surface area contributed by atoms with Crippen LogP contribution in [-0.4, -0.2) is 35.6 Å². The molecule has 1 unspecified atom stereocenters. The van der Waals surface area contributed by atoms with Crippen LogP contribution in [0.1, 0.15) is 19.4 Å². The van der Waals surface area contributed by atoms with Gasteiger partial charge in [0.2, 0.25) is 0 Å². The number of carbonyl (C=O) groups is 1. The Morgan fingerprint density at radius 1 is 1.32 bits per heavy atom. The second-order valence-electron chi connectivity index (χ2n) is 5.91. The smallest absolute Gasteiger partial charge is 0.305 e. The number of nitrogens with one attached hydrogen (secondary N) is 1. The van der Waals surface area contributed by atoms with Crippen LogP contribution in [0.2, 0.25) is 0 Å². The van der Waals surface area contributed by atoms with Crippen LogP contribution in [0.3, 0.4) is 0 Å². The molecule has 25 heavy (non-hydrogen) atoms. The summed E-state index contributed by atoms with van der Waals surface area (Å²) in [6, 6.07) is 1.13. The van der Waals surface area contributed by atoms with E-state index in [9.17, 15) is 9.18 Å². The Morgan fingerprint density at radius 2 is 2.16 bits per heavy atom. The molecule has 4 aromatic heterocycles. The van der Waals surface area contributed by atoms with E-state index in [0.717, 1.165) is 22.7 Å². The minimum absolute atomic E-state index is 0.0305. The van der Waals surface area contributed by atoms with Gasteiger partial charge in [0.15, 0.2) is 0 Å². The Labute approximate surface area is 141 Å². The molecule has 0 saturated heterocycles. The van der Waals surface area contributed by atoms with Crippen LogP contribution in [0, 0.1) is 5.82 Å². The molecular formula is C17H14FN5O2. The molecule has 0 aliphatic carbocycles. The third-order valence-electron chi connectivity index (χ3n) is 4.23. The van der Waals surface area contributed by atoms with E-state index in [1.165, 1.54) is 12.4 Å². The molecule has 1 atom stereocenters. The topological polar surface area (TPSA) is 96.7 Å². The van der Waals surface area contributed by atoms with Gasteiger partial charge in [-0.25, -0.2) is 19.3 Å². The maximum absolute atomic E-state index is 13.6. The average Bonchev–Trinajstić information content (AvgIpc) is 3.15. The number of halogens is 1. The predicted molar refractivity (Wildman–Crippen MR) is 89.5 cm³/mol. The number of fused-ring (bicyclic) bond motifs is 2. The molecule has 0 aliphatic rings. The number of carboxylic acids is 1. The molecule has 8 heteroatoms. The lowest BCUT2D eigenvalue weighted by molar-refractivity contribution is -0.137. The Hall–Kier alpha value is -3.29. The number of nitrogens with zero attached hydrogens (tertiary/aromatic N) is 4. The largest absolute Gasteiger partial charge is 0.481 e. The van der Waals surface area contributed by atoms with E-state index in [-0.39, 0.29) is 12.5 Å². The zero-order chi connectivity index (χ0) is 17.6. The normalized spacial score (nSPS) is 12.7. The summed E-state index contributed by atoms with van der Waals surface area (Å²) in [5.74, 6) is -1.31. The highest BCUT2D eigenvalue weighted by atomic mass is 19.1. The van der Waals surface area contributed by atoms with Crippen LogP contribution < -0.4 is 0 Å². The van der Waals surface area contributed by atoms with Crippen LogP contribution in [0.25, 0.3) is 33.2 Å². The summed E-state index contributed by atoms with van der Waals surface area (Å²) in [6.45, 7) is 1.82. The van der Waals surface area contributed by atoms with E-state index in [1.54, 1.807) is 12.4 Å². The van der Waals surface area contributed by atoms with Crippen molar-refractivity contribution in [1.82, 2.24) is 24.5 Å². The van der Waals surface area contributed by atoms with Crippen molar-refractivity contribution < 1.29 is 14.3 Å². The SMILES string of the molecule is CC(CC(=O)O)n1cc(-c2c[nH]c3ncc(F)cc23)c2cncnc21. The zero-order valence-electron chi connectivity index (χ0n) is 13.3. The van der Waals surface area contributed by atoms with Crippen LogP contribution in [0.5, 0.6) is 0 Å². The van der Waals surface area contributed by atoms with Crippen molar-refractivity contribution in [2.24, 2.45) is 0 Å². The average molecular weight is 339 g/mol. The van der Waals surface area contributed by atoms with Gasteiger partial charge in [-0.1, -0.05) is 0 Å². The highest BCUT2D eigenvalue weighted by molar-refractivity contribution is 6.03. The summed E-state index contributed by atoms with van der Waals surface area (Å²) in [4.78, 5) is 26.5. The lowest BCUT2D eigenvalue weighted by Gasteiger charge is -2.11. The highest BCUT2D eigenvalue weighted by Gasteiger charge is 2.19. The van der Waals surface area contributed by atoms with Gasteiger partial charge in [-0.3, -0.25) is 4.79 Å². The van der Waals surface area contributed by atoms with Gasteiger partial charge in [0.05, 0.1) is 12.6 Å². The van der Waals surface area contributed by atoms with Crippen molar-refractivity contribution in [2.45, 2.75) is 19.4 Å². The molecular weight excluding hydrogens is 325 g/mol. The molecule has 0 spiro atoms. The first-order valence-corrected chi connectivity index (χ1v) is 7.70. The van der Waals surface area contributed by atoms with Crippen molar-refractivity contribution in [3.63, 3.8) is 0 Å². The number of pyridine rings is 1. The number of H-pyrrole nitrogens is 1. The molecule has 0 aliphatic heterocycles. The second kappa shape index (κ2) is 5.66. The molecule has 4 rings (SSSR count). The summed E-state index contributed by atoms with van der Waals surface area (Å²) < 4.78 is 15.4. The molecule has 2 N–H and O–H groups in total. The van der Waals surface area contributed by atoms with Gasteiger partial charge in [0.25, 0.3) is 0 Å². The van der Waals surface area contributed by atoms with Gasteiger partial charge in [0.1, 0.15) is 23.4 Å². The summed E-state index contributed by atoms with van der Waals surface area (Å²) >= 11 is 0. The molecule has 0 aromatic carbocycles. The van der Waals surface area contributed by atoms with E-state index in [1.807, 2.05) is 17.7 Å². The van der Waals surface area contributed by atoms with E-state index in [4.69, 9.17) is 5.11 Å². The van der Waals surface area contributed by atoms with Crippen molar-refractivity contribution in [3.8, 4) is 11.1 Å². The quantitative estimate of drug-likeness (QED) is 0.595. The number of rotatable bonds is 4. The summed E-state index contributed by atoms with van der Waals surface area (Å²) in [5, 5.41) is 10.5. The molecule has 7 nitrogen and oxygen atoms in total. The number of carboxylic acid groups (broad SMARTS) is 1. The van der Waals surface area contributed by atoms with Gasteiger partial charge < -0.3 is 14.7 Å². The van der Waals surface area contributed by atoms with Crippen LogP contribution in [-0.2, 0) is 4.79 Å². The van der Waals surface area contributed by atoms with E-state index >= 15 is 0 Å². The molecule has 4 heterocycles. The summed E-state index contributed by atoms with van der Waals surface area (Å²) in [5.41, 5.74) is 2.78. The van der Waals surface area contributed by atoms with Crippen molar-refractivity contribution in [1.29, 1.82) is 0 Å². The van der Waals surface area contributed by atoms with Crippen LogP contribution >= 0.6 is 0 Å². The molecule has 0 bridgehead atoms. The Bertz CT molecular complexity index is 1100. The number of hydrogen-bond acceptors (Lipinski definition) is 4. The fraction of sp³-hybridized carbons (Fsp3) is 0.176. The molecule has 0 amide bonds. The maximum Gasteiger partial charge on any atom is 0.305 e. The van der Waals surface area contributed by atoms with Crippen molar-refractivity contribution in [3.05, 3.63) is 43.0 Å². The predicted octanol–water partition coefficient (Wildman–Crippen LogP) is 3.15. The monoisotopic (exact) mass is 339 g/mol. The summed E-state index contributed by atoms with van der Waals surface area (Å²) in [6.07, 6.45) is 7.81. The van der Waals surface area contributed by atoms with E-state index < -0.39 is 11.8 Å². The van der Waals surface area contributed by atoms with E-state index in [0.29, 0.717) is 16.7 Å². The Balaban J connectivity index is 1.95. The van der Waals surface area contributed by atoms with Gasteiger partial charge in [0, 0.05) is 46.5 Å². The second-order valence-corrected chi connectivity index (χ2v) is 5.91. The first-order valence-electron chi connectivity index (χ1n) is 7.70. The lowest BCUT2D eigenvalue weighted by atomic mass is 10.1. The number of aliphatic carboxylic acids is 1. The van der Waals surface area contributed by atoms with Gasteiger partial charge in [-0.05, 0) is 13.0 Å². The Morgan fingerprint density at radius 3 is 2.96 bits per heavy atom. The molecule has 126 valence electrons. The van der Waals surface area contributed by atoms with E-state index in [2.05, 4.69) is 19.9 Å². The maximum atomic E-state index is 13.6. The van der Waals surface area contributed by atoms with Crippen LogP contribution in [0.4, 0.5) is 4.39 Å². The fourth-order valence-corrected chi connectivity index (χ4v) is 3.09. The van der Waals surface area contributed by atoms with Crippen molar-refractivity contribution >= 4 is 28.0 Å². The van der Waals surface area contributed by atoms with Gasteiger partial charge in [-0.2, -0.15) is 0 Å². The lowest BCUT2D eigenvalue weighted by Crippen LogP contribution is -2.09. The fourth-order valence-electron chi connectivity index (χ4n) is 3.09. The van der Waals surface area contributed by atoms with Crippen LogP contribution in [0.15, 0.2) is 37.2 Å². The molecule has 4 aromatic rings. The number of aromatic amines is 1. The third-order valence-corrected chi connectivity index (χ3v) is 4.23. The number of aromatic nitrogens is 5. The van der Waals surface area contributed by atoms with Gasteiger partial charge >= 0.3 is 5.97 Å². The van der Waals surface area contributed by atoms with Crippen molar-refractivity contribution in [2.75, 3.05) is 0 Å². The highest BCUT2D eigenvalue weighted by Crippen LogP contribution is 2.35. The number of hydrogen-bond donors (Lipinski definition) is 2. The standard InChI is InChI=1S/C17H14FN5O2/c1-9(2-15(24)25)23-7-14(13-5-19-8-22-17(13)23)12-6-21-16-11(12)3-10(18)4-20-16/h3-9H,2H2,1H3,(H,20,21)(H,24,25). The zero-order valence-corrected chi connectivity index (χ0v) is 13.3. The molecule has 0 saturated carbocycles. The molecule has 0 fully saturated rings. The third kappa shape index (κ3) is 2.51. The first kappa shape index (κ1) is 15.3. The summed E-state index contributed by atoms with van der Waals surface area (Å²) in [7, 11) is 0. The van der Waals surface area contributed by atoms with Gasteiger partial charge in [-0.15, -0.1) is 0 Å². The first-order chi connectivity index (χ1) is 12.0. The Kier molecular flexibility index (Phi) is 3.45. The molecule has 0 radical (unpaired) electrons.